The van der Waals surface area contributed by atoms with Crippen LogP contribution in [0.5, 0.6) is 5.75 Å². The molecule has 0 N–H and O–H groups in total. The van der Waals surface area contributed by atoms with Crippen LogP contribution in [0.25, 0.3) is 16.9 Å². The summed E-state index contributed by atoms with van der Waals surface area (Å²) in [7, 11) is 1.63. The summed E-state index contributed by atoms with van der Waals surface area (Å²) in [6.45, 7) is 7.17. The molecule has 1 aromatic heterocycles. The Morgan fingerprint density at radius 1 is 1.10 bits per heavy atom. The number of ether oxygens (including phenoxy) is 2. The second kappa shape index (κ2) is 8.32. The van der Waals surface area contributed by atoms with E-state index in [1.807, 2.05) is 80.4 Å². The van der Waals surface area contributed by atoms with Crippen LogP contribution >= 0.6 is 0 Å². The summed E-state index contributed by atoms with van der Waals surface area (Å²) in [5, 5.41) is 4.79. The minimum absolute atomic E-state index is 0.00473. The zero-order chi connectivity index (χ0) is 21.3. The number of methoxy groups -OCH3 is 1. The van der Waals surface area contributed by atoms with Gasteiger partial charge in [0.05, 0.1) is 30.6 Å². The highest BCUT2D eigenvalue weighted by atomic mass is 16.5. The number of morpholine rings is 1. The smallest absolute Gasteiger partial charge is 0.257 e. The average molecular weight is 405 g/mol. The molecule has 6 nitrogen and oxygen atoms in total. The summed E-state index contributed by atoms with van der Waals surface area (Å²) >= 11 is 0. The minimum Gasteiger partial charge on any atom is -0.497 e. The maximum Gasteiger partial charge on any atom is 0.257 e. The van der Waals surface area contributed by atoms with Gasteiger partial charge in [-0.05, 0) is 45.0 Å². The lowest BCUT2D eigenvalue weighted by Crippen LogP contribution is -2.48. The van der Waals surface area contributed by atoms with E-state index in [2.05, 4.69) is 0 Å². The number of amides is 1. The van der Waals surface area contributed by atoms with Gasteiger partial charge in [0.2, 0.25) is 0 Å². The van der Waals surface area contributed by atoms with Crippen LogP contribution in [0, 0.1) is 6.92 Å². The zero-order valence-corrected chi connectivity index (χ0v) is 17.8. The number of benzene rings is 2. The van der Waals surface area contributed by atoms with Crippen LogP contribution in [-0.2, 0) is 4.74 Å². The number of hydrogen-bond donors (Lipinski definition) is 0. The average Bonchev–Trinajstić information content (AvgIpc) is 3.18. The summed E-state index contributed by atoms with van der Waals surface area (Å²) in [6.07, 6.45) is 1.84. The van der Waals surface area contributed by atoms with Crippen LogP contribution in [0.4, 0.5) is 0 Å². The van der Waals surface area contributed by atoms with Crippen molar-refractivity contribution in [3.63, 3.8) is 0 Å². The van der Waals surface area contributed by atoms with Gasteiger partial charge in [-0.3, -0.25) is 4.79 Å². The standard InChI is InChI=1S/C24H27N3O3/c1-16-8-10-20(11-9-16)27-15-22(24(28)26-13-17(2)30-18(3)14-26)23(25-27)19-6-5-7-21(12-19)29-4/h5-12,15,17-18H,13-14H2,1-4H3. The van der Waals surface area contributed by atoms with Crippen molar-refractivity contribution < 1.29 is 14.3 Å². The number of nitrogens with zero attached hydrogens (tertiary/aromatic N) is 3. The summed E-state index contributed by atoms with van der Waals surface area (Å²) < 4.78 is 13.0. The van der Waals surface area contributed by atoms with Gasteiger partial charge < -0.3 is 14.4 Å². The number of carbonyl (C=O) groups excluding carboxylic acids is 1. The third kappa shape index (κ3) is 4.09. The highest BCUT2D eigenvalue weighted by Gasteiger charge is 2.29. The van der Waals surface area contributed by atoms with Crippen molar-refractivity contribution in [2.45, 2.75) is 33.0 Å². The van der Waals surface area contributed by atoms with E-state index < -0.39 is 0 Å². The number of carbonyl (C=O) groups is 1. The second-order valence-electron chi connectivity index (χ2n) is 7.87. The Hall–Kier alpha value is -3.12. The van der Waals surface area contributed by atoms with Crippen molar-refractivity contribution in [3.8, 4) is 22.7 Å². The monoisotopic (exact) mass is 405 g/mol. The van der Waals surface area contributed by atoms with Gasteiger partial charge in [-0.1, -0.05) is 29.8 Å². The van der Waals surface area contributed by atoms with Crippen LogP contribution < -0.4 is 4.74 Å². The first-order chi connectivity index (χ1) is 14.4. The van der Waals surface area contributed by atoms with E-state index in [0.717, 1.165) is 17.0 Å². The normalized spacial score (nSPS) is 19.0. The molecule has 0 saturated carbocycles. The largest absolute Gasteiger partial charge is 0.497 e. The third-order valence-corrected chi connectivity index (χ3v) is 5.29. The molecule has 2 unspecified atom stereocenters. The van der Waals surface area contributed by atoms with Crippen LogP contribution in [0.2, 0.25) is 0 Å². The van der Waals surface area contributed by atoms with E-state index in [-0.39, 0.29) is 18.1 Å². The minimum atomic E-state index is -0.0341. The number of rotatable bonds is 4. The molecule has 30 heavy (non-hydrogen) atoms. The van der Waals surface area contributed by atoms with Gasteiger partial charge in [-0.25, -0.2) is 4.68 Å². The lowest BCUT2D eigenvalue weighted by atomic mass is 10.1. The summed E-state index contributed by atoms with van der Waals surface area (Å²) in [5.74, 6) is 0.692. The van der Waals surface area contributed by atoms with Gasteiger partial charge in [-0.15, -0.1) is 0 Å². The molecule has 1 amide bonds. The molecule has 6 heteroatoms. The van der Waals surface area contributed by atoms with Gasteiger partial charge in [-0.2, -0.15) is 5.10 Å². The van der Waals surface area contributed by atoms with Gasteiger partial charge in [0, 0.05) is 24.8 Å². The first kappa shape index (κ1) is 20.2. The van der Waals surface area contributed by atoms with Gasteiger partial charge in [0.15, 0.2) is 0 Å². The van der Waals surface area contributed by atoms with E-state index in [1.165, 1.54) is 5.56 Å². The lowest BCUT2D eigenvalue weighted by Gasteiger charge is -2.35. The van der Waals surface area contributed by atoms with Crippen LogP contribution in [-0.4, -0.2) is 53.0 Å². The molecule has 4 rings (SSSR count). The zero-order valence-electron chi connectivity index (χ0n) is 17.8. The highest BCUT2D eigenvalue weighted by Crippen LogP contribution is 2.28. The third-order valence-electron chi connectivity index (χ3n) is 5.29. The fourth-order valence-corrected chi connectivity index (χ4v) is 3.86. The Morgan fingerprint density at radius 3 is 2.47 bits per heavy atom. The maximum atomic E-state index is 13.5. The first-order valence-corrected chi connectivity index (χ1v) is 10.2. The summed E-state index contributed by atoms with van der Waals surface area (Å²) in [4.78, 5) is 15.4. The number of aromatic nitrogens is 2. The van der Waals surface area contributed by atoms with E-state index in [1.54, 1.807) is 11.8 Å². The van der Waals surface area contributed by atoms with Gasteiger partial charge in [0.25, 0.3) is 5.91 Å². The van der Waals surface area contributed by atoms with Crippen LogP contribution in [0.15, 0.2) is 54.7 Å². The molecule has 2 heterocycles. The molecule has 2 aromatic carbocycles. The Bertz CT molecular complexity index is 1030. The van der Waals surface area contributed by atoms with E-state index >= 15 is 0 Å². The van der Waals surface area contributed by atoms with E-state index in [4.69, 9.17) is 14.6 Å². The molecule has 0 aliphatic carbocycles. The predicted octanol–water partition coefficient (Wildman–Crippen LogP) is 4.11. The van der Waals surface area contributed by atoms with Crippen molar-refractivity contribution in [1.82, 2.24) is 14.7 Å². The van der Waals surface area contributed by atoms with Crippen molar-refractivity contribution in [2.75, 3.05) is 20.2 Å². The van der Waals surface area contributed by atoms with E-state index in [9.17, 15) is 4.79 Å². The molecule has 3 aromatic rings. The van der Waals surface area contributed by atoms with E-state index in [0.29, 0.717) is 24.3 Å². The summed E-state index contributed by atoms with van der Waals surface area (Å²) in [5.41, 5.74) is 4.15. The topological polar surface area (TPSA) is 56.6 Å². The Kier molecular flexibility index (Phi) is 5.59. The molecule has 1 fully saturated rings. The van der Waals surface area contributed by atoms with Crippen LogP contribution in [0.3, 0.4) is 0 Å². The molecular formula is C24H27N3O3. The Labute approximate surface area is 177 Å². The highest BCUT2D eigenvalue weighted by molar-refractivity contribution is 6.00. The van der Waals surface area contributed by atoms with Gasteiger partial charge in [0.1, 0.15) is 11.4 Å². The fraction of sp³-hybridized carbons (Fsp3) is 0.333. The Morgan fingerprint density at radius 2 is 1.80 bits per heavy atom. The molecular weight excluding hydrogens is 378 g/mol. The van der Waals surface area contributed by atoms with Crippen molar-refractivity contribution in [3.05, 3.63) is 65.9 Å². The van der Waals surface area contributed by atoms with Gasteiger partial charge >= 0.3 is 0 Å². The van der Waals surface area contributed by atoms with Crippen LogP contribution in [0.1, 0.15) is 29.8 Å². The number of aryl methyl sites for hydroxylation is 1. The van der Waals surface area contributed by atoms with Crippen molar-refractivity contribution >= 4 is 5.91 Å². The molecule has 156 valence electrons. The molecule has 1 aliphatic heterocycles. The lowest BCUT2D eigenvalue weighted by molar-refractivity contribution is -0.0586. The molecule has 0 radical (unpaired) electrons. The van der Waals surface area contributed by atoms with Crippen molar-refractivity contribution in [1.29, 1.82) is 0 Å². The second-order valence-corrected chi connectivity index (χ2v) is 7.87. The quantitative estimate of drug-likeness (QED) is 0.656. The maximum absolute atomic E-state index is 13.5. The molecule has 1 saturated heterocycles. The number of hydrogen-bond acceptors (Lipinski definition) is 4. The predicted molar refractivity (Wildman–Crippen MR) is 116 cm³/mol. The Balaban J connectivity index is 1.78. The molecule has 2 atom stereocenters. The van der Waals surface area contributed by atoms with Crippen molar-refractivity contribution in [2.24, 2.45) is 0 Å². The molecule has 1 aliphatic rings. The first-order valence-electron chi connectivity index (χ1n) is 10.2. The fourth-order valence-electron chi connectivity index (χ4n) is 3.86. The molecule has 0 spiro atoms. The SMILES string of the molecule is COc1cccc(-c2nn(-c3ccc(C)cc3)cc2C(=O)N2CC(C)OC(C)C2)c1. The molecule has 0 bridgehead atoms. The summed E-state index contributed by atoms with van der Waals surface area (Å²) in [6, 6.07) is 15.7.